The molecule has 0 N–H and O–H groups in total. The highest BCUT2D eigenvalue weighted by molar-refractivity contribution is 6.48. The Morgan fingerprint density at radius 1 is 0.500 bits per heavy atom. The van der Waals surface area contributed by atoms with Gasteiger partial charge in [0.15, 0.2) is 0 Å². The third-order valence-corrected chi connectivity index (χ3v) is 4.54. The predicted molar refractivity (Wildman–Crippen MR) is 81.9 cm³/mol. The molecule has 0 aliphatic heterocycles. The van der Waals surface area contributed by atoms with Crippen LogP contribution in [0.4, 0.5) is 0 Å². The number of hydrogen-bond acceptors (Lipinski definition) is 0. The van der Waals surface area contributed by atoms with Gasteiger partial charge in [0.05, 0.1) is 25.1 Å². The van der Waals surface area contributed by atoms with E-state index in [1.165, 1.54) is 0 Å². The molecule has 2 rings (SSSR count). The molecule has 6 heteroatoms. The minimum atomic E-state index is 0.304. The molecule has 2 aromatic rings. The molecule has 18 heavy (non-hydrogen) atoms. The van der Waals surface area contributed by atoms with Gasteiger partial charge in [-0.15, -0.1) is 0 Å². The minimum absolute atomic E-state index is 0.304. The predicted octanol–water partition coefficient (Wildman–Crippen LogP) is 7.27. The maximum Gasteiger partial charge on any atom is 0.0778 e. The summed E-state index contributed by atoms with van der Waals surface area (Å²) in [7, 11) is 0. The van der Waals surface area contributed by atoms with Crippen molar-refractivity contribution in [2.45, 2.75) is 0 Å². The second-order valence-corrected chi connectivity index (χ2v) is 5.91. The molecule has 0 unspecified atom stereocenters. The Kier molecular flexibility index (Phi) is 4.59. The van der Waals surface area contributed by atoms with Gasteiger partial charge in [-0.1, -0.05) is 69.6 Å². The van der Waals surface area contributed by atoms with Crippen LogP contribution in [0.3, 0.4) is 0 Å². The Labute approximate surface area is 134 Å². The Hall–Kier alpha value is 0.180. The zero-order valence-corrected chi connectivity index (χ0v) is 13.1. The Morgan fingerprint density at radius 2 is 1.00 bits per heavy atom. The topological polar surface area (TPSA) is 0 Å². The summed E-state index contributed by atoms with van der Waals surface area (Å²) in [6, 6.07) is 6.56. The molecule has 0 saturated carbocycles. The van der Waals surface area contributed by atoms with E-state index in [4.69, 9.17) is 69.6 Å². The summed E-state index contributed by atoms with van der Waals surface area (Å²) >= 11 is 35.8. The fraction of sp³-hybridized carbons (Fsp3) is 0. The lowest BCUT2D eigenvalue weighted by Crippen LogP contribution is -1.83. The van der Waals surface area contributed by atoms with E-state index in [1.807, 2.05) is 0 Å². The zero-order chi connectivity index (χ0) is 13.4. The molecular weight excluding hydrogens is 369 g/mol. The average Bonchev–Trinajstić information content (AvgIpc) is 2.30. The van der Waals surface area contributed by atoms with Crippen LogP contribution in [-0.4, -0.2) is 0 Å². The van der Waals surface area contributed by atoms with Crippen LogP contribution in [0.1, 0.15) is 0 Å². The highest BCUT2D eigenvalue weighted by Gasteiger charge is 2.12. The summed E-state index contributed by atoms with van der Waals surface area (Å²) in [6.07, 6.45) is 0. The van der Waals surface area contributed by atoms with Crippen LogP contribution in [0, 0.1) is 0 Å². The molecule has 0 nitrogen and oxygen atoms in total. The smallest absolute Gasteiger partial charge is 0.0778 e. The maximum absolute atomic E-state index is 6.12. The highest BCUT2D eigenvalue weighted by Crippen LogP contribution is 2.39. The van der Waals surface area contributed by atoms with Crippen LogP contribution in [0.2, 0.25) is 30.1 Å². The summed E-state index contributed by atoms with van der Waals surface area (Å²) in [5.74, 6) is 0. The quantitative estimate of drug-likeness (QED) is 0.364. The van der Waals surface area contributed by atoms with Crippen LogP contribution < -0.4 is 0 Å². The molecule has 0 fully saturated rings. The fourth-order valence-electron chi connectivity index (χ4n) is 1.45. The summed E-state index contributed by atoms with van der Waals surface area (Å²) in [5, 5.41) is 2.24. The largest absolute Gasteiger partial charge is 0.0836 e. The minimum Gasteiger partial charge on any atom is -0.0836 e. The molecule has 0 saturated heterocycles. The second kappa shape index (κ2) is 5.66. The molecule has 94 valence electrons. The van der Waals surface area contributed by atoms with Crippen LogP contribution in [0.5, 0.6) is 0 Å². The van der Waals surface area contributed by atoms with Crippen LogP contribution >= 0.6 is 69.6 Å². The SMILES string of the molecule is Cl[13c]1[13cH][13c](Cl)[13c](-[13c]2[13cH][13c](Cl)[13c](Cl)[13c](Cl)[13cH]2)[13cH][13c]1Cl. The van der Waals surface area contributed by atoms with E-state index in [2.05, 4.69) is 0 Å². The maximum atomic E-state index is 6.12. The van der Waals surface area contributed by atoms with Gasteiger partial charge < -0.3 is 0 Å². The third-order valence-electron chi connectivity index (χ3n) is 2.30. The van der Waals surface area contributed by atoms with Crippen molar-refractivity contribution in [2.75, 3.05) is 0 Å². The van der Waals surface area contributed by atoms with E-state index >= 15 is 0 Å². The van der Waals surface area contributed by atoms with E-state index in [0.717, 1.165) is 5.56 Å². The van der Waals surface area contributed by atoms with Crippen molar-refractivity contribution in [1.29, 1.82) is 0 Å². The first-order chi connectivity index (χ1) is 8.40. The summed E-state index contributed by atoms with van der Waals surface area (Å²) in [4.78, 5) is 0. The lowest BCUT2D eigenvalue weighted by Gasteiger charge is -2.09. The molecule has 0 bridgehead atoms. The molecule has 0 atom stereocenters. The molecule has 0 aromatic heterocycles. The van der Waals surface area contributed by atoms with Crippen molar-refractivity contribution in [2.24, 2.45) is 0 Å². The van der Waals surface area contributed by atoms with E-state index in [0.29, 0.717) is 35.7 Å². The van der Waals surface area contributed by atoms with Crippen LogP contribution in [0.15, 0.2) is 24.3 Å². The first-order valence-corrected chi connectivity index (χ1v) is 6.96. The van der Waals surface area contributed by atoms with Gasteiger partial charge in [0.1, 0.15) is 0 Å². The summed E-state index contributed by atoms with van der Waals surface area (Å²) < 4.78 is 0. The Balaban J connectivity index is 2.66. The molecule has 0 radical (unpaired) electrons. The van der Waals surface area contributed by atoms with Gasteiger partial charge in [-0.25, -0.2) is 0 Å². The van der Waals surface area contributed by atoms with E-state index in [-0.39, 0.29) is 0 Å². The molecule has 0 aliphatic carbocycles. The van der Waals surface area contributed by atoms with Crippen LogP contribution in [-0.2, 0) is 0 Å². The lowest BCUT2D eigenvalue weighted by atomic mass is 11.1. The molecule has 0 heterocycles. The fourth-order valence-corrected chi connectivity index (χ4v) is 2.71. The molecule has 0 spiro atoms. The molecule has 0 amide bonds. The van der Waals surface area contributed by atoms with E-state index in [9.17, 15) is 0 Å². The van der Waals surface area contributed by atoms with Gasteiger partial charge >= 0.3 is 0 Å². The summed E-state index contributed by atoms with van der Waals surface area (Å²) in [6.45, 7) is 0. The average molecular weight is 373 g/mol. The van der Waals surface area contributed by atoms with Crippen molar-refractivity contribution in [1.82, 2.24) is 0 Å². The molecule has 0 aliphatic rings. The van der Waals surface area contributed by atoms with Crippen molar-refractivity contribution in [3.05, 3.63) is 54.4 Å². The number of halogens is 6. The van der Waals surface area contributed by atoms with Gasteiger partial charge in [0, 0.05) is 10.6 Å². The van der Waals surface area contributed by atoms with Crippen molar-refractivity contribution >= 4 is 69.6 Å². The monoisotopic (exact) mass is 370 g/mol. The zero-order valence-electron chi connectivity index (χ0n) is 8.58. The van der Waals surface area contributed by atoms with Crippen LogP contribution in [0.25, 0.3) is 11.1 Å². The van der Waals surface area contributed by atoms with Crippen molar-refractivity contribution < 1.29 is 0 Å². The standard InChI is InChI=1S/C12H4Cl6/c13-7-4-9(15)8(14)3-6(7)5-1-10(16)12(18)11(17)2-5/h1-4H/i1+1,2+1,3+1,4+1,5+1,6+1,7+1,8+1,9+1,10+1,11+1,12+1. The van der Waals surface area contributed by atoms with E-state index in [1.54, 1.807) is 24.3 Å². The van der Waals surface area contributed by atoms with Crippen molar-refractivity contribution in [3.63, 3.8) is 0 Å². The first-order valence-electron chi connectivity index (χ1n) is 4.69. The van der Waals surface area contributed by atoms with Gasteiger partial charge in [-0.05, 0) is 29.8 Å². The number of rotatable bonds is 1. The van der Waals surface area contributed by atoms with Gasteiger partial charge in [0.25, 0.3) is 0 Å². The van der Waals surface area contributed by atoms with E-state index < -0.39 is 0 Å². The lowest BCUT2D eigenvalue weighted by molar-refractivity contribution is 1.61. The first kappa shape index (κ1) is 14.6. The third kappa shape index (κ3) is 2.85. The van der Waals surface area contributed by atoms with Gasteiger partial charge in [-0.3, -0.25) is 0 Å². The normalized spacial score (nSPS) is 10.8. The highest BCUT2D eigenvalue weighted by atomic mass is 35.5. The molecule has 2 aromatic carbocycles. The van der Waals surface area contributed by atoms with Gasteiger partial charge in [-0.2, -0.15) is 0 Å². The number of benzene rings is 2. The second-order valence-electron chi connectivity index (χ2n) is 3.50. The van der Waals surface area contributed by atoms with Gasteiger partial charge in [0.2, 0.25) is 0 Å². The Morgan fingerprint density at radius 3 is 1.56 bits per heavy atom. The van der Waals surface area contributed by atoms with Crippen molar-refractivity contribution in [3.8, 4) is 11.1 Å². The number of hydrogen-bond donors (Lipinski definition) is 0. The summed E-state index contributed by atoms with van der Waals surface area (Å²) in [5.41, 5.74) is 1.41. The molecular formula is C12H4Cl6. The Bertz CT molecular complexity index is 597.